The first-order valence-electron chi connectivity index (χ1n) is 6.12. The van der Waals surface area contributed by atoms with E-state index in [1.807, 2.05) is 0 Å². The van der Waals surface area contributed by atoms with Crippen LogP contribution in [0.4, 0.5) is 8.78 Å². The second kappa shape index (κ2) is 8.19. The first-order valence-corrected chi connectivity index (χ1v) is 8.06. The van der Waals surface area contributed by atoms with Crippen molar-refractivity contribution in [2.24, 2.45) is 11.8 Å². The van der Waals surface area contributed by atoms with Crippen molar-refractivity contribution < 1.29 is 8.78 Å². The van der Waals surface area contributed by atoms with Gasteiger partial charge in [-0.25, -0.2) is 8.78 Å². The van der Waals surface area contributed by atoms with Crippen LogP contribution in [0.1, 0.15) is 19.4 Å². The highest BCUT2D eigenvalue weighted by molar-refractivity contribution is 9.10. The summed E-state index contributed by atoms with van der Waals surface area (Å²) in [7, 11) is 0. The van der Waals surface area contributed by atoms with Gasteiger partial charge in [0.1, 0.15) is 11.6 Å². The van der Waals surface area contributed by atoms with Gasteiger partial charge < -0.3 is 0 Å². The predicted octanol–water partition coefficient (Wildman–Crippen LogP) is 3.49. The Morgan fingerprint density at radius 1 is 1.32 bits per heavy atom. The number of benzene rings is 1. The highest BCUT2D eigenvalue weighted by Crippen LogP contribution is 2.23. The molecule has 0 saturated carbocycles. The molecule has 2 nitrogen and oxygen atoms in total. The van der Waals surface area contributed by atoms with Gasteiger partial charge in [-0.1, -0.05) is 13.8 Å². The van der Waals surface area contributed by atoms with Gasteiger partial charge in [0.25, 0.3) is 0 Å². The Labute approximate surface area is 125 Å². The van der Waals surface area contributed by atoms with E-state index in [2.05, 4.69) is 35.2 Å². The molecule has 1 aromatic carbocycles. The Hall–Kier alpha value is -0.170. The van der Waals surface area contributed by atoms with Gasteiger partial charge in [0.15, 0.2) is 0 Å². The largest absolute Gasteiger partial charge is 0.271 e. The van der Waals surface area contributed by atoms with Crippen molar-refractivity contribution in [2.75, 3.05) is 11.5 Å². The molecule has 3 N–H and O–H groups in total. The molecule has 0 heterocycles. The fraction of sp³-hybridized carbons (Fsp3) is 0.538. The lowest BCUT2D eigenvalue weighted by Crippen LogP contribution is -2.39. The van der Waals surface area contributed by atoms with Gasteiger partial charge in [-0.2, -0.15) is 11.8 Å². The summed E-state index contributed by atoms with van der Waals surface area (Å²) in [4.78, 5) is 0. The molecule has 1 aromatic rings. The molecule has 1 rings (SSSR count). The number of thioether (sulfide) groups is 1. The molecule has 0 spiro atoms. The molecule has 0 bridgehead atoms. The number of hydrogen-bond acceptors (Lipinski definition) is 3. The minimum atomic E-state index is -0.547. The van der Waals surface area contributed by atoms with E-state index >= 15 is 0 Å². The quantitative estimate of drug-likeness (QED) is 0.448. The summed E-state index contributed by atoms with van der Waals surface area (Å²) >= 11 is 4.80. The van der Waals surface area contributed by atoms with Gasteiger partial charge >= 0.3 is 0 Å². The molecule has 0 saturated heterocycles. The highest BCUT2D eigenvalue weighted by atomic mass is 79.9. The van der Waals surface area contributed by atoms with Crippen LogP contribution in [0.3, 0.4) is 0 Å². The van der Waals surface area contributed by atoms with Crippen LogP contribution < -0.4 is 11.3 Å². The molecular weight excluding hydrogens is 334 g/mol. The normalized spacial score (nSPS) is 13.0. The lowest BCUT2D eigenvalue weighted by Gasteiger charge is -2.17. The number of hydrogen-bond donors (Lipinski definition) is 2. The maximum Gasteiger partial charge on any atom is 0.143 e. The minimum Gasteiger partial charge on any atom is -0.271 e. The van der Waals surface area contributed by atoms with Crippen molar-refractivity contribution in [2.45, 2.75) is 26.3 Å². The van der Waals surface area contributed by atoms with E-state index in [0.717, 1.165) is 11.5 Å². The van der Waals surface area contributed by atoms with Crippen molar-refractivity contribution in [1.29, 1.82) is 0 Å². The molecule has 108 valence electrons. The molecule has 1 unspecified atom stereocenters. The lowest BCUT2D eigenvalue weighted by atomic mass is 10.1. The van der Waals surface area contributed by atoms with Crippen LogP contribution in [0.15, 0.2) is 16.6 Å². The first kappa shape index (κ1) is 16.9. The Morgan fingerprint density at radius 2 is 2.00 bits per heavy atom. The van der Waals surface area contributed by atoms with Crippen molar-refractivity contribution in [1.82, 2.24) is 5.43 Å². The zero-order valence-electron chi connectivity index (χ0n) is 11.1. The lowest BCUT2D eigenvalue weighted by molar-refractivity contribution is 0.509. The maximum atomic E-state index is 13.8. The SMILES string of the molecule is CC(C)CSCC(Cc1c(F)ccc(Br)c1F)NN. The van der Waals surface area contributed by atoms with Gasteiger partial charge in [0.2, 0.25) is 0 Å². The fourth-order valence-corrected chi connectivity index (χ4v) is 3.09. The van der Waals surface area contributed by atoms with Gasteiger partial charge in [-0.3, -0.25) is 11.3 Å². The fourth-order valence-electron chi connectivity index (χ4n) is 1.61. The van der Waals surface area contributed by atoms with Crippen molar-refractivity contribution in [3.63, 3.8) is 0 Å². The third-order valence-corrected chi connectivity index (χ3v) is 4.75. The van der Waals surface area contributed by atoms with Crippen LogP contribution >= 0.6 is 27.7 Å². The average molecular weight is 353 g/mol. The average Bonchev–Trinajstić information content (AvgIpc) is 2.36. The molecule has 19 heavy (non-hydrogen) atoms. The molecular formula is C13H19BrF2N2S. The van der Waals surface area contributed by atoms with E-state index in [1.54, 1.807) is 11.8 Å². The molecule has 0 aliphatic carbocycles. The second-order valence-electron chi connectivity index (χ2n) is 4.82. The third kappa shape index (κ3) is 5.38. The van der Waals surface area contributed by atoms with Crippen LogP contribution in [0.25, 0.3) is 0 Å². The Morgan fingerprint density at radius 3 is 2.58 bits per heavy atom. The molecule has 1 atom stereocenters. The molecule has 0 fully saturated rings. The smallest absolute Gasteiger partial charge is 0.143 e. The second-order valence-corrected chi connectivity index (χ2v) is 6.75. The molecule has 0 amide bonds. The topological polar surface area (TPSA) is 38.0 Å². The minimum absolute atomic E-state index is 0.0717. The Balaban J connectivity index is 2.68. The van der Waals surface area contributed by atoms with Crippen molar-refractivity contribution in [3.05, 3.63) is 33.8 Å². The van der Waals surface area contributed by atoms with Crippen LogP contribution in [0, 0.1) is 17.6 Å². The number of nitrogens with two attached hydrogens (primary N) is 1. The monoisotopic (exact) mass is 352 g/mol. The number of rotatable bonds is 7. The van der Waals surface area contributed by atoms with E-state index in [1.165, 1.54) is 12.1 Å². The van der Waals surface area contributed by atoms with Crippen LogP contribution in [-0.4, -0.2) is 17.5 Å². The molecule has 0 aromatic heterocycles. The summed E-state index contributed by atoms with van der Waals surface area (Å²) in [5.41, 5.74) is 2.70. The Kier molecular flexibility index (Phi) is 7.28. The van der Waals surface area contributed by atoms with Crippen LogP contribution in [0.2, 0.25) is 0 Å². The summed E-state index contributed by atoms with van der Waals surface area (Å²) in [5, 5.41) is 0. The third-order valence-electron chi connectivity index (χ3n) is 2.60. The highest BCUT2D eigenvalue weighted by Gasteiger charge is 2.17. The Bertz CT molecular complexity index is 416. The van der Waals surface area contributed by atoms with Gasteiger partial charge in [0.05, 0.1) is 4.47 Å². The van der Waals surface area contributed by atoms with E-state index in [4.69, 9.17) is 5.84 Å². The maximum absolute atomic E-state index is 13.8. The predicted molar refractivity (Wildman–Crippen MR) is 81.0 cm³/mol. The van der Waals surface area contributed by atoms with Gasteiger partial charge in [-0.05, 0) is 46.2 Å². The summed E-state index contributed by atoms with van der Waals surface area (Å²) in [5.74, 6) is 6.69. The molecule has 0 aliphatic heterocycles. The number of hydrazine groups is 1. The standard InChI is InChI=1S/C13H19BrF2N2S/c1-8(2)6-19-7-9(18-17)5-10-12(15)4-3-11(14)13(10)16/h3-4,8-9,18H,5-7,17H2,1-2H3. The van der Waals surface area contributed by atoms with Crippen molar-refractivity contribution in [3.8, 4) is 0 Å². The summed E-state index contributed by atoms with van der Waals surface area (Å²) < 4.78 is 27.8. The first-order chi connectivity index (χ1) is 8.95. The molecule has 0 aliphatic rings. The molecule has 6 heteroatoms. The zero-order chi connectivity index (χ0) is 14.4. The van der Waals surface area contributed by atoms with E-state index in [9.17, 15) is 8.78 Å². The van der Waals surface area contributed by atoms with Crippen LogP contribution in [-0.2, 0) is 6.42 Å². The van der Waals surface area contributed by atoms with E-state index in [0.29, 0.717) is 5.92 Å². The van der Waals surface area contributed by atoms with E-state index in [-0.39, 0.29) is 22.5 Å². The summed E-state index contributed by atoms with van der Waals surface area (Å²) in [6, 6.07) is 2.48. The summed E-state index contributed by atoms with van der Waals surface area (Å²) in [6.45, 7) is 4.26. The van der Waals surface area contributed by atoms with Crippen LogP contribution in [0.5, 0.6) is 0 Å². The molecule has 0 radical (unpaired) electrons. The summed E-state index contributed by atoms with van der Waals surface area (Å²) in [6.07, 6.45) is 0.235. The number of nitrogens with one attached hydrogen (secondary N) is 1. The van der Waals surface area contributed by atoms with E-state index < -0.39 is 11.6 Å². The van der Waals surface area contributed by atoms with Gasteiger partial charge in [0, 0.05) is 17.4 Å². The zero-order valence-corrected chi connectivity index (χ0v) is 13.5. The van der Waals surface area contributed by atoms with Gasteiger partial charge in [-0.15, -0.1) is 0 Å². The van der Waals surface area contributed by atoms with Crippen molar-refractivity contribution >= 4 is 27.7 Å². The number of halogens is 3.